The van der Waals surface area contributed by atoms with Gasteiger partial charge in [0.05, 0.1) is 13.2 Å². The average molecular weight is 297 g/mol. The number of hydrogen-bond acceptors (Lipinski definition) is 5. The van der Waals surface area contributed by atoms with Gasteiger partial charge in [0, 0.05) is 30.1 Å². The van der Waals surface area contributed by atoms with E-state index in [2.05, 4.69) is 33.3 Å². The fourth-order valence-electron chi connectivity index (χ4n) is 2.81. The first-order valence-corrected chi connectivity index (χ1v) is 7.79. The molecule has 0 aliphatic carbocycles. The van der Waals surface area contributed by atoms with Gasteiger partial charge in [0.2, 0.25) is 0 Å². The van der Waals surface area contributed by atoms with Gasteiger partial charge < -0.3 is 15.8 Å². The number of carbonyl (C=O) groups excluding carboxylic acids is 1. The van der Waals surface area contributed by atoms with Crippen LogP contribution in [0.1, 0.15) is 29.8 Å². The van der Waals surface area contributed by atoms with Gasteiger partial charge in [-0.05, 0) is 37.3 Å². The Morgan fingerprint density at radius 2 is 2.40 bits per heavy atom. The summed E-state index contributed by atoms with van der Waals surface area (Å²) in [4.78, 5) is 15.0. The molecular formula is C14H23N3O2S. The van der Waals surface area contributed by atoms with E-state index in [9.17, 15) is 4.79 Å². The lowest BCUT2D eigenvalue weighted by Crippen LogP contribution is -2.41. The van der Waals surface area contributed by atoms with Gasteiger partial charge in [0.15, 0.2) is 0 Å². The van der Waals surface area contributed by atoms with E-state index >= 15 is 0 Å². The molecule has 3 unspecified atom stereocenters. The second kappa shape index (κ2) is 6.56. The van der Waals surface area contributed by atoms with E-state index in [1.807, 2.05) is 6.92 Å². The van der Waals surface area contributed by atoms with Crippen molar-refractivity contribution in [1.82, 2.24) is 10.2 Å². The SMILES string of the molecule is COC(=O)NC1CCN(C(c2sccc2C)C(C)N)C1. The van der Waals surface area contributed by atoms with Gasteiger partial charge in [-0.15, -0.1) is 11.3 Å². The number of ether oxygens (including phenoxy) is 1. The average Bonchev–Trinajstić information content (AvgIpc) is 3.00. The Balaban J connectivity index is 2.06. The van der Waals surface area contributed by atoms with Gasteiger partial charge in [-0.3, -0.25) is 4.90 Å². The van der Waals surface area contributed by atoms with Crippen LogP contribution < -0.4 is 11.1 Å². The van der Waals surface area contributed by atoms with Crippen molar-refractivity contribution in [1.29, 1.82) is 0 Å². The van der Waals surface area contributed by atoms with Crippen LogP contribution in [-0.4, -0.2) is 43.3 Å². The van der Waals surface area contributed by atoms with Crippen molar-refractivity contribution in [3.63, 3.8) is 0 Å². The molecule has 1 aromatic heterocycles. The molecular weight excluding hydrogens is 274 g/mol. The third kappa shape index (κ3) is 3.31. The third-order valence-corrected chi connectivity index (χ3v) is 4.88. The van der Waals surface area contributed by atoms with Crippen molar-refractivity contribution in [3.8, 4) is 0 Å². The summed E-state index contributed by atoms with van der Waals surface area (Å²) in [5, 5.41) is 4.98. The van der Waals surface area contributed by atoms with Gasteiger partial charge in [-0.1, -0.05) is 0 Å². The van der Waals surface area contributed by atoms with Crippen molar-refractivity contribution < 1.29 is 9.53 Å². The van der Waals surface area contributed by atoms with Crippen LogP contribution in [0.2, 0.25) is 0 Å². The second-order valence-corrected chi connectivity index (χ2v) is 6.34. The van der Waals surface area contributed by atoms with E-state index < -0.39 is 0 Å². The number of thiophene rings is 1. The monoisotopic (exact) mass is 297 g/mol. The van der Waals surface area contributed by atoms with Gasteiger partial charge in [0.25, 0.3) is 0 Å². The molecule has 112 valence electrons. The Morgan fingerprint density at radius 1 is 1.65 bits per heavy atom. The molecule has 1 amide bonds. The number of nitrogens with two attached hydrogens (primary N) is 1. The molecule has 0 bridgehead atoms. The van der Waals surface area contributed by atoms with Gasteiger partial charge >= 0.3 is 6.09 Å². The zero-order chi connectivity index (χ0) is 14.7. The summed E-state index contributed by atoms with van der Waals surface area (Å²) >= 11 is 1.76. The molecule has 2 heterocycles. The van der Waals surface area contributed by atoms with Crippen molar-refractivity contribution in [2.24, 2.45) is 5.73 Å². The van der Waals surface area contributed by atoms with Crippen LogP contribution in [0.3, 0.4) is 0 Å². The predicted molar refractivity (Wildman–Crippen MR) is 81.0 cm³/mol. The maximum atomic E-state index is 11.3. The summed E-state index contributed by atoms with van der Waals surface area (Å²) < 4.78 is 4.66. The van der Waals surface area contributed by atoms with E-state index in [0.717, 1.165) is 19.5 Å². The van der Waals surface area contributed by atoms with Gasteiger partial charge in [0.1, 0.15) is 0 Å². The topological polar surface area (TPSA) is 67.6 Å². The molecule has 6 heteroatoms. The van der Waals surface area contributed by atoms with E-state index in [0.29, 0.717) is 0 Å². The molecule has 0 saturated carbocycles. The smallest absolute Gasteiger partial charge is 0.407 e. The number of aryl methyl sites for hydroxylation is 1. The molecule has 2 rings (SSSR count). The summed E-state index contributed by atoms with van der Waals surface area (Å²) in [6, 6.07) is 2.56. The zero-order valence-corrected chi connectivity index (χ0v) is 13.1. The fraction of sp³-hybridized carbons (Fsp3) is 0.643. The molecule has 0 aromatic carbocycles. The lowest BCUT2D eigenvalue weighted by Gasteiger charge is -2.31. The van der Waals surface area contributed by atoms with Crippen LogP contribution in [0.15, 0.2) is 11.4 Å². The van der Waals surface area contributed by atoms with Crippen molar-refractivity contribution >= 4 is 17.4 Å². The van der Waals surface area contributed by atoms with Crippen LogP contribution in [0, 0.1) is 6.92 Å². The van der Waals surface area contributed by atoms with E-state index in [4.69, 9.17) is 5.73 Å². The fourth-order valence-corrected chi connectivity index (χ4v) is 3.98. The molecule has 1 saturated heterocycles. The normalized spacial score (nSPS) is 22.5. The highest BCUT2D eigenvalue weighted by Gasteiger charge is 2.33. The number of likely N-dealkylation sites (tertiary alicyclic amines) is 1. The molecule has 20 heavy (non-hydrogen) atoms. The number of methoxy groups -OCH3 is 1. The Labute approximate surface area is 124 Å². The molecule has 5 nitrogen and oxygen atoms in total. The Bertz CT molecular complexity index is 461. The van der Waals surface area contributed by atoms with E-state index in [1.165, 1.54) is 17.6 Å². The Kier molecular flexibility index (Phi) is 5.01. The van der Waals surface area contributed by atoms with Crippen LogP contribution in [0.25, 0.3) is 0 Å². The zero-order valence-electron chi connectivity index (χ0n) is 12.3. The maximum absolute atomic E-state index is 11.3. The minimum Gasteiger partial charge on any atom is -0.453 e. The van der Waals surface area contributed by atoms with Crippen LogP contribution in [0.5, 0.6) is 0 Å². The van der Waals surface area contributed by atoms with Gasteiger partial charge in [-0.25, -0.2) is 4.79 Å². The molecule has 0 spiro atoms. The lowest BCUT2D eigenvalue weighted by molar-refractivity contribution is 0.164. The number of amides is 1. The highest BCUT2D eigenvalue weighted by Crippen LogP contribution is 2.33. The first-order valence-electron chi connectivity index (χ1n) is 6.91. The minimum atomic E-state index is -0.360. The molecule has 1 aliphatic heterocycles. The molecule has 1 fully saturated rings. The largest absolute Gasteiger partial charge is 0.453 e. The summed E-state index contributed by atoms with van der Waals surface area (Å²) in [5.41, 5.74) is 7.50. The summed E-state index contributed by atoms with van der Waals surface area (Å²) in [5.74, 6) is 0. The standard InChI is InChI=1S/C14H23N3O2S/c1-9-5-7-20-13(9)12(10(2)15)17-6-4-11(8-17)16-14(18)19-3/h5,7,10-12H,4,6,8,15H2,1-3H3,(H,16,18). The quantitative estimate of drug-likeness (QED) is 0.890. The lowest BCUT2D eigenvalue weighted by atomic mass is 10.0. The molecule has 0 radical (unpaired) electrons. The number of carbonyl (C=O) groups is 1. The summed E-state index contributed by atoms with van der Waals surface area (Å²) in [7, 11) is 1.39. The highest BCUT2D eigenvalue weighted by molar-refractivity contribution is 7.10. The van der Waals surface area contributed by atoms with Crippen molar-refractivity contribution in [3.05, 3.63) is 21.9 Å². The van der Waals surface area contributed by atoms with E-state index in [-0.39, 0.29) is 24.2 Å². The maximum Gasteiger partial charge on any atom is 0.407 e. The van der Waals surface area contributed by atoms with Crippen LogP contribution in [-0.2, 0) is 4.74 Å². The van der Waals surface area contributed by atoms with E-state index in [1.54, 1.807) is 11.3 Å². The first-order chi connectivity index (χ1) is 9.52. The predicted octanol–water partition coefficient (Wildman–Crippen LogP) is 1.88. The van der Waals surface area contributed by atoms with Gasteiger partial charge in [-0.2, -0.15) is 0 Å². The minimum absolute atomic E-state index is 0.0595. The highest BCUT2D eigenvalue weighted by atomic mass is 32.1. The number of alkyl carbamates (subject to hydrolysis) is 1. The molecule has 3 N–H and O–H groups in total. The molecule has 3 atom stereocenters. The van der Waals surface area contributed by atoms with Crippen molar-refractivity contribution in [2.45, 2.75) is 38.4 Å². The second-order valence-electron chi connectivity index (χ2n) is 5.39. The first kappa shape index (κ1) is 15.3. The van der Waals surface area contributed by atoms with Crippen molar-refractivity contribution in [2.75, 3.05) is 20.2 Å². The Hall–Kier alpha value is -1.11. The molecule has 1 aromatic rings. The number of nitrogens with zero attached hydrogens (tertiary/aromatic N) is 1. The van der Waals surface area contributed by atoms with Crippen LogP contribution in [0.4, 0.5) is 4.79 Å². The summed E-state index contributed by atoms with van der Waals surface area (Å²) in [6.07, 6.45) is 0.574. The van der Waals surface area contributed by atoms with Crippen LogP contribution >= 0.6 is 11.3 Å². The Morgan fingerprint density at radius 3 is 2.95 bits per heavy atom. The molecule has 1 aliphatic rings. The number of nitrogens with one attached hydrogen (secondary N) is 1. The summed E-state index contributed by atoms with van der Waals surface area (Å²) in [6.45, 7) is 5.93. The number of hydrogen-bond donors (Lipinski definition) is 2. The third-order valence-electron chi connectivity index (χ3n) is 3.79. The number of rotatable bonds is 4.